The van der Waals surface area contributed by atoms with Crippen LogP contribution in [0, 0.1) is 17.8 Å². The topological polar surface area (TPSA) is 65.1 Å². The molecule has 0 aromatic heterocycles. The predicted molar refractivity (Wildman–Crippen MR) is 136 cm³/mol. The molecule has 0 bridgehead atoms. The minimum Gasteiger partial charge on any atom is -0.393 e. The zero-order valence-corrected chi connectivity index (χ0v) is 21.6. The smallest absolute Gasteiger partial charge is 0.108 e. The van der Waals surface area contributed by atoms with E-state index in [2.05, 4.69) is 51.7 Å². The van der Waals surface area contributed by atoms with Gasteiger partial charge in [-0.15, -0.1) is 0 Å². The lowest BCUT2D eigenvalue weighted by atomic mass is 9.71. The second-order valence-corrected chi connectivity index (χ2v) is 11.5. The first kappa shape index (κ1) is 26.4. The molecule has 4 N–H and O–H groups in total. The zero-order valence-electron chi connectivity index (χ0n) is 21.6. The first-order chi connectivity index (χ1) is 15.5. The summed E-state index contributed by atoms with van der Waals surface area (Å²) in [5.41, 5.74) is 2.76. The quantitative estimate of drug-likeness (QED) is 0.435. The van der Waals surface area contributed by atoms with Crippen molar-refractivity contribution in [3.05, 3.63) is 47.7 Å². The van der Waals surface area contributed by atoms with Crippen LogP contribution in [0.3, 0.4) is 0 Å². The third-order valence-electron chi connectivity index (χ3n) is 8.92. The van der Waals surface area contributed by atoms with Gasteiger partial charge in [-0.25, -0.2) is 0 Å². The Hall–Kier alpha value is -1.20. The first-order valence-electron chi connectivity index (χ1n) is 13.2. The molecule has 2 heterocycles. The molecule has 0 aromatic rings. The molecule has 0 amide bonds. The van der Waals surface area contributed by atoms with Crippen LogP contribution in [-0.4, -0.2) is 45.2 Å². The molecule has 1 aliphatic carbocycles. The molecule has 7 atom stereocenters. The molecule has 2 saturated heterocycles. The van der Waals surface area contributed by atoms with Crippen LogP contribution in [0.15, 0.2) is 47.7 Å². The van der Waals surface area contributed by atoms with Gasteiger partial charge >= 0.3 is 0 Å². The maximum Gasteiger partial charge on any atom is 0.108 e. The van der Waals surface area contributed by atoms with Gasteiger partial charge in [0.05, 0.1) is 24.4 Å². The molecular weight excluding hydrogens is 410 g/mol. The Kier molecular flexibility index (Phi) is 8.48. The van der Waals surface area contributed by atoms with Crippen molar-refractivity contribution < 1.29 is 20.2 Å². The van der Waals surface area contributed by atoms with E-state index in [-0.39, 0.29) is 11.5 Å². The maximum absolute atomic E-state index is 10.5. The number of nitrogens with one attached hydrogen (secondary N) is 1. The molecule has 33 heavy (non-hydrogen) atoms. The molecule has 1 saturated carbocycles. The van der Waals surface area contributed by atoms with Gasteiger partial charge in [0.15, 0.2) is 0 Å². The fraction of sp³-hybridized carbons (Fsp3) is 0.724. The van der Waals surface area contributed by atoms with Crippen LogP contribution in [0.2, 0.25) is 0 Å². The fourth-order valence-electron chi connectivity index (χ4n) is 6.82. The minimum atomic E-state index is -0.682. The molecule has 3 aliphatic rings. The largest absolute Gasteiger partial charge is 0.393 e. The third kappa shape index (κ3) is 5.73. The van der Waals surface area contributed by atoms with Gasteiger partial charge in [-0.2, -0.15) is 0 Å². The van der Waals surface area contributed by atoms with Crippen LogP contribution < -0.4 is 4.90 Å². The van der Waals surface area contributed by atoms with Crippen LogP contribution in [0.1, 0.15) is 86.0 Å². The van der Waals surface area contributed by atoms with Gasteiger partial charge in [0.25, 0.3) is 0 Å². The van der Waals surface area contributed by atoms with E-state index < -0.39 is 17.8 Å². The SMILES string of the molecule is C=C1/C(=C\C=C2/CCC[C@]3(C)[C@@H](C(/C=C/C(CC)C(C)(C)O)CC)CC[NH+]23)CC(O)C[C@@H]1O. The Labute approximate surface area is 201 Å². The van der Waals surface area contributed by atoms with Gasteiger partial charge in [0, 0.05) is 37.5 Å². The highest BCUT2D eigenvalue weighted by Gasteiger charge is 2.53. The molecule has 4 nitrogen and oxygen atoms in total. The monoisotopic (exact) mass is 458 g/mol. The molecule has 0 radical (unpaired) electrons. The molecule has 4 unspecified atom stereocenters. The molecule has 4 heteroatoms. The normalized spacial score (nSPS) is 37.6. The van der Waals surface area contributed by atoms with Gasteiger partial charge in [0.1, 0.15) is 11.2 Å². The van der Waals surface area contributed by atoms with Crippen molar-refractivity contribution in [3.8, 4) is 0 Å². The number of aliphatic hydroxyl groups is 3. The van der Waals surface area contributed by atoms with Crippen LogP contribution in [0.5, 0.6) is 0 Å². The third-order valence-corrected chi connectivity index (χ3v) is 8.92. The van der Waals surface area contributed by atoms with E-state index in [0.29, 0.717) is 24.7 Å². The Morgan fingerprint density at radius 1 is 1.18 bits per heavy atom. The highest BCUT2D eigenvalue weighted by atomic mass is 16.3. The maximum atomic E-state index is 10.5. The van der Waals surface area contributed by atoms with Gasteiger partial charge in [-0.3, -0.25) is 0 Å². The second-order valence-electron chi connectivity index (χ2n) is 11.5. The zero-order chi connectivity index (χ0) is 24.4. The van der Waals surface area contributed by atoms with Crippen molar-refractivity contribution >= 4 is 0 Å². The van der Waals surface area contributed by atoms with Crippen molar-refractivity contribution in [2.75, 3.05) is 6.54 Å². The van der Waals surface area contributed by atoms with Crippen molar-refractivity contribution in [1.82, 2.24) is 0 Å². The van der Waals surface area contributed by atoms with Crippen LogP contribution in [-0.2, 0) is 0 Å². The molecule has 0 aromatic carbocycles. The number of hydrogen-bond acceptors (Lipinski definition) is 3. The summed E-state index contributed by atoms with van der Waals surface area (Å²) in [7, 11) is 0. The Morgan fingerprint density at radius 2 is 1.91 bits per heavy atom. The van der Waals surface area contributed by atoms with E-state index in [1.807, 2.05) is 13.8 Å². The van der Waals surface area contributed by atoms with E-state index in [9.17, 15) is 15.3 Å². The number of allylic oxidation sites excluding steroid dienone is 4. The summed E-state index contributed by atoms with van der Waals surface area (Å²) in [5, 5.41) is 30.8. The predicted octanol–water partition coefficient (Wildman–Crippen LogP) is 4.10. The summed E-state index contributed by atoms with van der Waals surface area (Å²) in [6, 6.07) is 0. The summed E-state index contributed by atoms with van der Waals surface area (Å²) in [6.07, 6.45) is 15.8. The van der Waals surface area contributed by atoms with Crippen molar-refractivity contribution in [3.63, 3.8) is 0 Å². The average molecular weight is 459 g/mol. The molecule has 3 fully saturated rings. The highest BCUT2D eigenvalue weighted by molar-refractivity contribution is 5.37. The average Bonchev–Trinajstić information content (AvgIpc) is 3.09. The lowest BCUT2D eigenvalue weighted by Crippen LogP contribution is -3.17. The highest BCUT2D eigenvalue weighted by Crippen LogP contribution is 2.39. The van der Waals surface area contributed by atoms with Crippen molar-refractivity contribution in [2.24, 2.45) is 17.8 Å². The number of piperidine rings is 1. The Morgan fingerprint density at radius 3 is 2.55 bits per heavy atom. The lowest BCUT2D eigenvalue weighted by molar-refractivity contribution is -0.909. The molecule has 0 spiro atoms. The standard InChI is InChI=1S/C29H47NO3/c1-7-21(11-13-23(8-2)28(4,5)33)26-15-17-30-24(10-9-16-29(26,30)6)14-12-22-18-25(31)19-27(32)20(22)3/h11-14,21,23,25-27,31-33H,3,7-10,15-19H2,1-2,4-6H3/p+1/b13-11+,22-12-,24-14+/t21?,23?,25?,26-,27+,29-/m1/s1. The van der Waals surface area contributed by atoms with Gasteiger partial charge in [0.2, 0.25) is 0 Å². The van der Waals surface area contributed by atoms with E-state index in [4.69, 9.17) is 0 Å². The summed E-state index contributed by atoms with van der Waals surface area (Å²) < 4.78 is 0. The minimum absolute atomic E-state index is 0.187. The summed E-state index contributed by atoms with van der Waals surface area (Å²) in [4.78, 5) is 1.62. The summed E-state index contributed by atoms with van der Waals surface area (Å²) in [5.74, 6) is 1.36. The molecule has 3 rings (SSSR count). The Balaban J connectivity index is 1.80. The second kappa shape index (κ2) is 10.6. The van der Waals surface area contributed by atoms with Gasteiger partial charge in [-0.05, 0) is 69.6 Å². The van der Waals surface area contributed by atoms with Crippen molar-refractivity contribution in [2.45, 2.75) is 109 Å². The van der Waals surface area contributed by atoms with E-state index in [0.717, 1.165) is 37.0 Å². The summed E-state index contributed by atoms with van der Waals surface area (Å²) in [6.45, 7) is 16.0. The van der Waals surface area contributed by atoms with Gasteiger partial charge < -0.3 is 20.2 Å². The van der Waals surface area contributed by atoms with Crippen molar-refractivity contribution in [1.29, 1.82) is 0 Å². The van der Waals surface area contributed by atoms with Crippen LogP contribution in [0.4, 0.5) is 0 Å². The molecule has 2 aliphatic heterocycles. The summed E-state index contributed by atoms with van der Waals surface area (Å²) >= 11 is 0. The fourth-order valence-corrected chi connectivity index (χ4v) is 6.82. The number of hydrogen-bond donors (Lipinski definition) is 4. The van der Waals surface area contributed by atoms with E-state index >= 15 is 0 Å². The molecular formula is C29H48NO3+. The number of fused-ring (bicyclic) bond motifs is 1. The lowest BCUT2D eigenvalue weighted by Gasteiger charge is -2.42. The van der Waals surface area contributed by atoms with Gasteiger partial charge in [-0.1, -0.05) is 38.7 Å². The number of aliphatic hydroxyl groups excluding tert-OH is 2. The van der Waals surface area contributed by atoms with E-state index in [1.165, 1.54) is 25.0 Å². The first-order valence-corrected chi connectivity index (χ1v) is 13.2. The van der Waals surface area contributed by atoms with Crippen LogP contribution >= 0.6 is 0 Å². The number of quaternary nitrogens is 1. The van der Waals surface area contributed by atoms with Crippen LogP contribution in [0.25, 0.3) is 0 Å². The molecule has 186 valence electrons. The Bertz CT molecular complexity index is 789. The van der Waals surface area contributed by atoms with E-state index in [1.54, 1.807) is 4.90 Å². The number of rotatable bonds is 7.